The fourth-order valence-electron chi connectivity index (χ4n) is 3.82. The summed E-state index contributed by atoms with van der Waals surface area (Å²) in [5, 5.41) is 9.57. The van der Waals surface area contributed by atoms with Gasteiger partial charge in [-0.1, -0.05) is 32.9 Å². The number of anilines is 1. The Morgan fingerprint density at radius 3 is 2.50 bits per heavy atom. The molecule has 0 aromatic heterocycles. The number of carbonyl (C=O) groups excluding carboxylic acids is 1. The monoisotopic (exact) mass is 530 g/mol. The molecule has 1 aromatic rings. The van der Waals surface area contributed by atoms with Gasteiger partial charge in [-0.15, -0.1) is 24.0 Å². The number of hydrogen-bond donors (Lipinski definition) is 3. The van der Waals surface area contributed by atoms with E-state index in [4.69, 9.17) is 9.73 Å². The van der Waals surface area contributed by atoms with E-state index in [0.717, 1.165) is 50.7 Å². The molecule has 1 aliphatic rings. The van der Waals surface area contributed by atoms with Crippen LogP contribution in [0.4, 0.5) is 5.69 Å². The predicted molar refractivity (Wildman–Crippen MR) is 136 cm³/mol. The van der Waals surface area contributed by atoms with Gasteiger partial charge in [0.15, 0.2) is 5.96 Å². The largest absolute Gasteiger partial charge is 0.377 e. The maximum atomic E-state index is 11.1. The minimum Gasteiger partial charge on any atom is -0.377 e. The van der Waals surface area contributed by atoms with E-state index in [0.29, 0.717) is 5.92 Å². The molecule has 30 heavy (non-hydrogen) atoms. The topological polar surface area (TPSA) is 74.8 Å². The van der Waals surface area contributed by atoms with Gasteiger partial charge < -0.3 is 20.7 Å². The molecule has 170 valence electrons. The molecular weight excluding hydrogens is 491 g/mol. The van der Waals surface area contributed by atoms with Crippen molar-refractivity contribution in [2.75, 3.05) is 31.6 Å². The van der Waals surface area contributed by atoms with E-state index in [-0.39, 0.29) is 41.4 Å². The Hall–Kier alpha value is -1.35. The second kappa shape index (κ2) is 13.1. The zero-order valence-electron chi connectivity index (χ0n) is 19.1. The lowest BCUT2D eigenvalue weighted by atomic mass is 9.78. The summed E-state index contributed by atoms with van der Waals surface area (Å²) in [6.07, 6.45) is 3.43. The number of halogens is 1. The molecule has 1 amide bonds. The Kier molecular flexibility index (Phi) is 11.7. The average molecular weight is 530 g/mol. The van der Waals surface area contributed by atoms with Gasteiger partial charge in [0.05, 0.1) is 6.10 Å². The summed E-state index contributed by atoms with van der Waals surface area (Å²) >= 11 is 0. The van der Waals surface area contributed by atoms with Crippen LogP contribution in [0.3, 0.4) is 0 Å². The number of nitrogens with one attached hydrogen (secondary N) is 3. The molecule has 6 nitrogen and oxygen atoms in total. The average Bonchev–Trinajstić information content (AvgIpc) is 2.66. The highest BCUT2D eigenvalue weighted by Gasteiger charge is 2.35. The lowest BCUT2D eigenvalue weighted by molar-refractivity contribution is -0.114. The molecule has 1 saturated heterocycles. The third-order valence-electron chi connectivity index (χ3n) is 5.11. The third-order valence-corrected chi connectivity index (χ3v) is 5.11. The molecule has 2 unspecified atom stereocenters. The Bertz CT molecular complexity index is 671. The first-order chi connectivity index (χ1) is 13.8. The van der Waals surface area contributed by atoms with Gasteiger partial charge in [-0.2, -0.15) is 0 Å². The summed E-state index contributed by atoms with van der Waals surface area (Å²) in [7, 11) is 0. The van der Waals surface area contributed by atoms with Gasteiger partial charge in [-0.25, -0.2) is 0 Å². The number of aliphatic imine (C=N–C) groups is 1. The highest BCUT2D eigenvalue weighted by Crippen LogP contribution is 2.34. The summed E-state index contributed by atoms with van der Waals surface area (Å²) in [6.45, 7) is 13.6. The summed E-state index contributed by atoms with van der Waals surface area (Å²) in [4.78, 5) is 16.0. The molecule has 1 aliphatic heterocycles. The Balaban J connectivity index is 0.00000450. The molecule has 0 bridgehead atoms. The number of ether oxygens (including phenoxy) is 1. The molecule has 2 rings (SSSR count). The minimum absolute atomic E-state index is 0. The van der Waals surface area contributed by atoms with Gasteiger partial charge in [0.25, 0.3) is 0 Å². The van der Waals surface area contributed by atoms with Crippen molar-refractivity contribution in [3.63, 3.8) is 0 Å². The van der Waals surface area contributed by atoms with Crippen molar-refractivity contribution < 1.29 is 9.53 Å². The zero-order chi connectivity index (χ0) is 21.3. The van der Waals surface area contributed by atoms with Gasteiger partial charge in [0.2, 0.25) is 5.91 Å². The van der Waals surface area contributed by atoms with Crippen LogP contribution in [0.1, 0.15) is 53.0 Å². The van der Waals surface area contributed by atoms with Crippen molar-refractivity contribution in [3.05, 3.63) is 29.8 Å². The first-order valence-corrected chi connectivity index (χ1v) is 10.8. The molecule has 1 heterocycles. The van der Waals surface area contributed by atoms with Crippen LogP contribution in [-0.4, -0.2) is 44.2 Å². The van der Waals surface area contributed by atoms with Crippen molar-refractivity contribution in [1.82, 2.24) is 10.6 Å². The van der Waals surface area contributed by atoms with E-state index >= 15 is 0 Å². The molecule has 0 saturated carbocycles. The van der Waals surface area contributed by atoms with Gasteiger partial charge in [0.1, 0.15) is 0 Å². The number of hydrogen-bond acceptors (Lipinski definition) is 3. The van der Waals surface area contributed by atoms with Gasteiger partial charge in [-0.3, -0.25) is 9.79 Å². The Labute approximate surface area is 199 Å². The van der Waals surface area contributed by atoms with Crippen LogP contribution in [0.25, 0.3) is 0 Å². The van der Waals surface area contributed by atoms with Crippen LogP contribution in [0.2, 0.25) is 0 Å². The second-order valence-electron chi connectivity index (χ2n) is 8.83. The fourth-order valence-corrected chi connectivity index (χ4v) is 3.82. The molecule has 2 atom stereocenters. The number of benzene rings is 1. The molecule has 0 aliphatic carbocycles. The number of nitrogens with zero attached hydrogens (tertiary/aromatic N) is 1. The molecular formula is C23H39IN4O2. The number of guanidine groups is 1. The maximum absolute atomic E-state index is 11.1. The fraction of sp³-hybridized carbons (Fsp3) is 0.652. The maximum Gasteiger partial charge on any atom is 0.221 e. The highest BCUT2D eigenvalue weighted by molar-refractivity contribution is 14.0. The van der Waals surface area contributed by atoms with Gasteiger partial charge in [0, 0.05) is 44.8 Å². The minimum atomic E-state index is -0.0528. The van der Waals surface area contributed by atoms with E-state index in [9.17, 15) is 4.79 Å². The highest BCUT2D eigenvalue weighted by atomic mass is 127. The van der Waals surface area contributed by atoms with Crippen LogP contribution in [0, 0.1) is 11.3 Å². The molecule has 3 N–H and O–H groups in total. The van der Waals surface area contributed by atoms with E-state index in [1.54, 1.807) is 0 Å². The van der Waals surface area contributed by atoms with E-state index in [1.807, 2.05) is 24.3 Å². The SMILES string of the molecule is CCNC(=NCC1CCCOC1C(C)(C)C)NCCc1ccc(NC(C)=O)cc1.I. The zero-order valence-corrected chi connectivity index (χ0v) is 21.4. The normalized spacial score (nSPS) is 19.6. The predicted octanol–water partition coefficient (Wildman–Crippen LogP) is 4.20. The standard InChI is InChI=1S/C23H38N4O2.HI/c1-6-24-22(26-16-19-8-7-15-29-21(19)23(3,4)5)25-14-13-18-9-11-20(12-10-18)27-17(2)28;/h9-12,19,21H,6-8,13-16H2,1-5H3,(H,27,28)(H2,24,25,26);1H. The van der Waals surface area contributed by atoms with Crippen LogP contribution < -0.4 is 16.0 Å². The summed E-state index contributed by atoms with van der Waals surface area (Å²) < 4.78 is 6.08. The van der Waals surface area contributed by atoms with Crippen LogP contribution >= 0.6 is 24.0 Å². The van der Waals surface area contributed by atoms with E-state index < -0.39 is 0 Å². The van der Waals surface area contributed by atoms with E-state index in [2.05, 4.69) is 43.6 Å². The second-order valence-corrected chi connectivity index (χ2v) is 8.83. The van der Waals surface area contributed by atoms with Crippen molar-refractivity contribution in [1.29, 1.82) is 0 Å². The summed E-state index contributed by atoms with van der Waals surface area (Å²) in [5.74, 6) is 1.27. The third kappa shape index (κ3) is 9.20. The van der Waals surface area contributed by atoms with Crippen molar-refractivity contribution in [2.24, 2.45) is 16.3 Å². The van der Waals surface area contributed by atoms with E-state index in [1.165, 1.54) is 18.9 Å². The van der Waals surface area contributed by atoms with Gasteiger partial charge in [-0.05, 0) is 49.3 Å². The lowest BCUT2D eigenvalue weighted by Gasteiger charge is -2.39. The number of rotatable bonds is 7. The Morgan fingerprint density at radius 2 is 1.90 bits per heavy atom. The summed E-state index contributed by atoms with van der Waals surface area (Å²) in [5.41, 5.74) is 2.18. The molecule has 0 spiro atoms. The first kappa shape index (κ1) is 26.7. The van der Waals surface area contributed by atoms with Crippen LogP contribution in [0.5, 0.6) is 0 Å². The molecule has 7 heteroatoms. The first-order valence-electron chi connectivity index (χ1n) is 10.8. The van der Waals surface area contributed by atoms with Crippen molar-refractivity contribution in [3.8, 4) is 0 Å². The Morgan fingerprint density at radius 1 is 1.20 bits per heavy atom. The van der Waals surface area contributed by atoms with Crippen molar-refractivity contribution >= 4 is 41.5 Å². The molecule has 1 aromatic carbocycles. The summed E-state index contributed by atoms with van der Waals surface area (Å²) in [6, 6.07) is 7.96. The molecule has 0 radical (unpaired) electrons. The van der Waals surface area contributed by atoms with Crippen LogP contribution in [0.15, 0.2) is 29.3 Å². The van der Waals surface area contributed by atoms with Gasteiger partial charge >= 0.3 is 0 Å². The van der Waals surface area contributed by atoms with Crippen molar-refractivity contribution in [2.45, 2.75) is 60.0 Å². The quantitative estimate of drug-likeness (QED) is 0.281. The lowest BCUT2D eigenvalue weighted by Crippen LogP contribution is -2.43. The molecule has 1 fully saturated rings. The number of amides is 1. The van der Waals surface area contributed by atoms with Crippen LogP contribution in [-0.2, 0) is 16.0 Å². The smallest absolute Gasteiger partial charge is 0.221 e. The number of carbonyl (C=O) groups is 1.